The quantitative estimate of drug-likeness (QED) is 0.0222. The van der Waals surface area contributed by atoms with Crippen LogP contribution < -0.4 is 0 Å². The largest absolute Gasteiger partial charge is 0.472 e. The van der Waals surface area contributed by atoms with Crippen molar-refractivity contribution in [3.63, 3.8) is 0 Å². The van der Waals surface area contributed by atoms with Crippen LogP contribution in [0.4, 0.5) is 0 Å². The van der Waals surface area contributed by atoms with E-state index in [0.29, 0.717) is 31.6 Å². The molecule has 0 radical (unpaired) electrons. The number of unbranched alkanes of at least 4 members (excludes halogenated alkanes) is 33. The van der Waals surface area contributed by atoms with Crippen LogP contribution in [0.25, 0.3) is 0 Å². The highest BCUT2D eigenvalue weighted by Gasteiger charge is 2.30. The Balaban J connectivity index is 5.22. The number of ether oxygens (including phenoxy) is 4. The second kappa shape index (κ2) is 59.8. The molecule has 2 unspecified atom stereocenters. The fraction of sp³-hybridized carbons (Fsp3) is 0.943. The zero-order valence-electron chi connectivity index (χ0n) is 58.1. The Hall–Kier alpha value is -1.94. The van der Waals surface area contributed by atoms with Gasteiger partial charge in [-0.15, -0.1) is 0 Å². The lowest BCUT2D eigenvalue weighted by molar-refractivity contribution is -0.161. The van der Waals surface area contributed by atoms with E-state index in [4.69, 9.17) is 37.0 Å². The van der Waals surface area contributed by atoms with Crippen molar-refractivity contribution in [1.29, 1.82) is 0 Å². The number of phosphoric acid groups is 2. The first kappa shape index (κ1) is 87.1. The van der Waals surface area contributed by atoms with Gasteiger partial charge in [0.2, 0.25) is 0 Å². The van der Waals surface area contributed by atoms with E-state index in [9.17, 15) is 43.2 Å². The zero-order valence-corrected chi connectivity index (χ0v) is 59.8. The zero-order chi connectivity index (χ0) is 66.1. The van der Waals surface area contributed by atoms with Crippen LogP contribution in [0, 0.1) is 23.7 Å². The molecule has 0 bridgehead atoms. The number of aliphatic hydroxyl groups excluding tert-OH is 1. The monoisotopic (exact) mass is 1310 g/mol. The van der Waals surface area contributed by atoms with Crippen molar-refractivity contribution >= 4 is 39.5 Å². The summed E-state index contributed by atoms with van der Waals surface area (Å²) in [6.45, 7) is 14.0. The minimum Gasteiger partial charge on any atom is -0.462 e. The van der Waals surface area contributed by atoms with Crippen LogP contribution in [0.5, 0.6) is 0 Å². The van der Waals surface area contributed by atoms with Crippen LogP contribution in [-0.4, -0.2) is 96.7 Å². The highest BCUT2D eigenvalue weighted by Crippen LogP contribution is 2.45. The molecule has 0 aliphatic carbocycles. The van der Waals surface area contributed by atoms with Gasteiger partial charge in [0.15, 0.2) is 12.2 Å². The molecule has 0 amide bonds. The molecule has 0 aromatic heterocycles. The summed E-state index contributed by atoms with van der Waals surface area (Å²) in [4.78, 5) is 72.5. The molecule has 0 fully saturated rings. The van der Waals surface area contributed by atoms with Crippen molar-refractivity contribution in [2.45, 2.75) is 363 Å². The fourth-order valence-electron chi connectivity index (χ4n) is 10.5. The summed E-state index contributed by atoms with van der Waals surface area (Å²) in [5.41, 5.74) is 0. The van der Waals surface area contributed by atoms with Crippen LogP contribution in [-0.2, 0) is 65.4 Å². The molecule has 17 nitrogen and oxygen atoms in total. The van der Waals surface area contributed by atoms with Gasteiger partial charge in [-0.25, -0.2) is 9.13 Å². The Kier molecular flexibility index (Phi) is 58.5. The number of phosphoric ester groups is 2. The van der Waals surface area contributed by atoms with Gasteiger partial charge < -0.3 is 33.8 Å². The molecule has 19 heteroatoms. The van der Waals surface area contributed by atoms with E-state index in [0.717, 1.165) is 114 Å². The lowest BCUT2D eigenvalue weighted by Crippen LogP contribution is -2.30. The maximum Gasteiger partial charge on any atom is 0.472 e. The highest BCUT2D eigenvalue weighted by molar-refractivity contribution is 7.47. The highest BCUT2D eigenvalue weighted by atomic mass is 31.2. The van der Waals surface area contributed by atoms with E-state index < -0.39 is 97.5 Å². The van der Waals surface area contributed by atoms with E-state index >= 15 is 0 Å². The van der Waals surface area contributed by atoms with Crippen molar-refractivity contribution in [2.75, 3.05) is 39.6 Å². The van der Waals surface area contributed by atoms with Crippen LogP contribution in [0.15, 0.2) is 0 Å². The van der Waals surface area contributed by atoms with Crippen molar-refractivity contribution in [3.8, 4) is 0 Å². The first-order valence-electron chi connectivity index (χ1n) is 36.2. The molecule has 0 spiro atoms. The van der Waals surface area contributed by atoms with E-state index in [2.05, 4.69) is 55.4 Å². The minimum absolute atomic E-state index is 0.103. The maximum absolute atomic E-state index is 13.0. The van der Waals surface area contributed by atoms with E-state index in [-0.39, 0.29) is 25.7 Å². The number of hydrogen-bond acceptors (Lipinski definition) is 15. The molecule has 0 aliphatic heterocycles. The van der Waals surface area contributed by atoms with Crippen molar-refractivity contribution < 1.29 is 80.2 Å². The van der Waals surface area contributed by atoms with Gasteiger partial charge in [0, 0.05) is 25.7 Å². The first-order chi connectivity index (χ1) is 42.6. The standard InChI is InChI=1S/C70H136O17P2/c1-60(2)46-38-30-22-16-13-11-9-10-12-14-18-26-36-44-52-69(74)86-66(57-81-68(73)51-43-35-29-28-33-41-49-63(7)8)59-85-89(78,79)83-55-64(71)54-82-88(76,77)84-58-65(87-70(75)53-45-37-27-21-20-24-32-40-48-62(5)6)56-80-67(72)50-42-34-25-19-15-17-23-31-39-47-61(3)4/h60-66,71H,9-59H2,1-8H3,(H,76,77)(H,78,79)/t64-,65-,66-/m1/s1. The van der Waals surface area contributed by atoms with Gasteiger partial charge in [0.1, 0.15) is 19.3 Å². The van der Waals surface area contributed by atoms with Crippen LogP contribution in [0.3, 0.4) is 0 Å². The van der Waals surface area contributed by atoms with Gasteiger partial charge in [-0.1, -0.05) is 293 Å². The molecule has 89 heavy (non-hydrogen) atoms. The molecule has 0 aromatic rings. The molecule has 0 heterocycles. The summed E-state index contributed by atoms with van der Waals surface area (Å²) in [6.07, 6.45) is 41.9. The van der Waals surface area contributed by atoms with Gasteiger partial charge in [-0.3, -0.25) is 37.3 Å². The van der Waals surface area contributed by atoms with Gasteiger partial charge in [0.05, 0.1) is 26.4 Å². The SMILES string of the molecule is CC(C)CCCCCCCCCCCCCCCCC(=O)O[C@H](COC(=O)CCCCCCCCC(C)C)COP(=O)(O)OC[C@H](O)COP(=O)(O)OC[C@@H](COC(=O)CCCCCCCCCCCC(C)C)OC(=O)CCCCCCCCCCC(C)C. The third-order valence-corrected chi connectivity index (χ3v) is 18.0. The molecule has 5 atom stereocenters. The number of rotatable bonds is 67. The predicted molar refractivity (Wildman–Crippen MR) is 358 cm³/mol. The summed E-state index contributed by atoms with van der Waals surface area (Å²) in [5, 5.41) is 10.6. The average Bonchev–Trinajstić information content (AvgIpc) is 3.63. The third-order valence-electron chi connectivity index (χ3n) is 16.1. The predicted octanol–water partition coefficient (Wildman–Crippen LogP) is 19.7. The molecule has 528 valence electrons. The lowest BCUT2D eigenvalue weighted by atomic mass is 10.0. The maximum atomic E-state index is 13.0. The number of carbonyl (C=O) groups excluding carboxylic acids is 4. The Morgan fingerprint density at radius 3 is 0.697 bits per heavy atom. The van der Waals surface area contributed by atoms with E-state index in [1.807, 2.05) is 0 Å². The number of esters is 4. The summed E-state index contributed by atoms with van der Waals surface area (Å²) in [6, 6.07) is 0. The molecule has 0 saturated carbocycles. The summed E-state index contributed by atoms with van der Waals surface area (Å²) < 4.78 is 68.2. The van der Waals surface area contributed by atoms with E-state index in [1.54, 1.807) is 0 Å². The summed E-state index contributed by atoms with van der Waals surface area (Å²) >= 11 is 0. The summed E-state index contributed by atoms with van der Waals surface area (Å²) in [5.74, 6) is 0.804. The second-order valence-corrected chi connectivity index (χ2v) is 30.1. The number of aliphatic hydroxyl groups is 1. The third kappa shape index (κ3) is 64.6. The van der Waals surface area contributed by atoms with Crippen molar-refractivity contribution in [1.82, 2.24) is 0 Å². The Morgan fingerprint density at radius 1 is 0.281 bits per heavy atom. The minimum atomic E-state index is -4.95. The van der Waals surface area contributed by atoms with Crippen LogP contribution in [0.1, 0.15) is 344 Å². The van der Waals surface area contributed by atoms with Crippen LogP contribution in [0.2, 0.25) is 0 Å². The van der Waals surface area contributed by atoms with Crippen molar-refractivity contribution in [2.24, 2.45) is 23.7 Å². The average molecular weight is 1310 g/mol. The second-order valence-electron chi connectivity index (χ2n) is 27.2. The normalized spacial score (nSPS) is 14.3. The number of hydrogen-bond donors (Lipinski definition) is 3. The molecular formula is C70H136O17P2. The molecule has 3 N–H and O–H groups in total. The topological polar surface area (TPSA) is 237 Å². The first-order valence-corrected chi connectivity index (χ1v) is 39.2. The smallest absolute Gasteiger partial charge is 0.462 e. The van der Waals surface area contributed by atoms with E-state index in [1.165, 1.54) is 141 Å². The molecule has 0 rings (SSSR count). The Bertz CT molecular complexity index is 1760. The van der Waals surface area contributed by atoms with Gasteiger partial charge >= 0.3 is 39.5 Å². The van der Waals surface area contributed by atoms with Crippen molar-refractivity contribution in [3.05, 3.63) is 0 Å². The Morgan fingerprint density at radius 2 is 0.472 bits per heavy atom. The van der Waals surface area contributed by atoms with Gasteiger partial charge in [-0.2, -0.15) is 0 Å². The molecule has 0 aromatic carbocycles. The molecule has 0 aliphatic rings. The lowest BCUT2D eigenvalue weighted by Gasteiger charge is -2.21. The van der Waals surface area contributed by atoms with Gasteiger partial charge in [-0.05, 0) is 49.4 Å². The van der Waals surface area contributed by atoms with Crippen LogP contribution >= 0.6 is 15.6 Å². The fourth-order valence-corrected chi connectivity index (χ4v) is 12.1. The number of carbonyl (C=O) groups is 4. The molecule has 0 saturated heterocycles. The Labute approximate surface area is 543 Å². The van der Waals surface area contributed by atoms with Gasteiger partial charge in [0.25, 0.3) is 0 Å². The molecular weight excluding hydrogens is 1170 g/mol. The summed E-state index contributed by atoms with van der Waals surface area (Å²) in [7, 11) is -9.90.